The van der Waals surface area contributed by atoms with Crippen molar-refractivity contribution in [2.45, 2.75) is 51.2 Å². The Bertz CT molecular complexity index is 1220. The SMILES string of the molecule is CCc1ncccc1O[C@H]1CC[C@@H](n2nc(-c3cnn(C)c3)c3cnc(NC)cc32)CC1. The number of aromatic nitrogens is 6. The third-order valence-corrected chi connectivity index (χ3v) is 6.29. The number of anilines is 1. The van der Waals surface area contributed by atoms with Crippen molar-refractivity contribution >= 4 is 16.7 Å². The molecule has 32 heavy (non-hydrogen) atoms. The first-order valence-electron chi connectivity index (χ1n) is 11.3. The van der Waals surface area contributed by atoms with E-state index in [1.807, 2.05) is 51.0 Å². The first-order valence-corrected chi connectivity index (χ1v) is 11.3. The van der Waals surface area contributed by atoms with Gasteiger partial charge in [0.15, 0.2) is 0 Å². The molecule has 0 bridgehead atoms. The minimum absolute atomic E-state index is 0.218. The van der Waals surface area contributed by atoms with Crippen LogP contribution < -0.4 is 10.1 Å². The van der Waals surface area contributed by atoms with E-state index in [0.29, 0.717) is 6.04 Å². The number of rotatable bonds is 6. The Morgan fingerprint density at radius 1 is 1.16 bits per heavy atom. The molecule has 0 aromatic carbocycles. The molecule has 0 radical (unpaired) electrons. The molecule has 0 aliphatic heterocycles. The fourth-order valence-corrected chi connectivity index (χ4v) is 4.59. The predicted molar refractivity (Wildman–Crippen MR) is 125 cm³/mol. The van der Waals surface area contributed by atoms with Gasteiger partial charge in [0.1, 0.15) is 17.3 Å². The summed E-state index contributed by atoms with van der Waals surface area (Å²) in [5.41, 5.74) is 4.08. The zero-order valence-electron chi connectivity index (χ0n) is 18.8. The van der Waals surface area contributed by atoms with Gasteiger partial charge in [-0.25, -0.2) is 4.98 Å². The average molecular weight is 432 g/mol. The van der Waals surface area contributed by atoms with Crippen LogP contribution in [0.15, 0.2) is 43.0 Å². The lowest BCUT2D eigenvalue weighted by Gasteiger charge is -2.30. The molecule has 0 atom stereocenters. The summed E-state index contributed by atoms with van der Waals surface area (Å²) < 4.78 is 10.3. The number of nitrogens with zero attached hydrogens (tertiary/aromatic N) is 6. The van der Waals surface area contributed by atoms with Crippen LogP contribution in [0.5, 0.6) is 5.75 Å². The molecule has 0 unspecified atom stereocenters. The Balaban J connectivity index is 1.40. The maximum absolute atomic E-state index is 6.34. The third kappa shape index (κ3) is 3.81. The summed E-state index contributed by atoms with van der Waals surface area (Å²) in [7, 11) is 3.82. The largest absolute Gasteiger partial charge is 0.489 e. The minimum Gasteiger partial charge on any atom is -0.489 e. The number of aryl methyl sites for hydroxylation is 2. The molecule has 1 N–H and O–H groups in total. The van der Waals surface area contributed by atoms with Crippen LogP contribution in [0.3, 0.4) is 0 Å². The third-order valence-electron chi connectivity index (χ3n) is 6.29. The van der Waals surface area contributed by atoms with E-state index >= 15 is 0 Å². The summed E-state index contributed by atoms with van der Waals surface area (Å²) in [6, 6.07) is 6.40. The van der Waals surface area contributed by atoms with Crippen molar-refractivity contribution in [2.24, 2.45) is 7.05 Å². The summed E-state index contributed by atoms with van der Waals surface area (Å²) in [5, 5.41) is 13.6. The van der Waals surface area contributed by atoms with E-state index in [2.05, 4.69) is 38.1 Å². The Hall–Kier alpha value is -3.42. The van der Waals surface area contributed by atoms with Gasteiger partial charge in [0.25, 0.3) is 0 Å². The number of ether oxygens (including phenoxy) is 1. The number of pyridine rings is 2. The second kappa shape index (κ2) is 8.61. The summed E-state index contributed by atoms with van der Waals surface area (Å²) in [5.74, 6) is 1.77. The topological polar surface area (TPSA) is 82.7 Å². The summed E-state index contributed by atoms with van der Waals surface area (Å²) in [6.07, 6.45) is 12.7. The Morgan fingerprint density at radius 3 is 2.72 bits per heavy atom. The fraction of sp³-hybridized carbons (Fsp3) is 0.417. The standard InChI is InChI=1S/C24H29N7O/c1-4-20-22(6-5-11-26-20)32-18-9-7-17(8-10-18)31-21-12-23(25-2)27-14-19(21)24(29-31)16-13-28-30(3)15-16/h5-6,11-15,17-18H,4,7-10H2,1-3H3,(H,25,27)/t17-,18+. The molecule has 8 nitrogen and oxygen atoms in total. The van der Waals surface area contributed by atoms with Crippen molar-refractivity contribution < 1.29 is 4.74 Å². The van der Waals surface area contributed by atoms with Crippen molar-refractivity contribution in [1.29, 1.82) is 0 Å². The van der Waals surface area contributed by atoms with Gasteiger partial charge in [-0.1, -0.05) is 6.92 Å². The molecule has 4 aromatic heterocycles. The molecule has 0 saturated heterocycles. The number of fused-ring (bicyclic) bond motifs is 1. The van der Waals surface area contributed by atoms with Crippen LogP contribution in [0.25, 0.3) is 22.2 Å². The quantitative estimate of drug-likeness (QED) is 0.487. The fourth-order valence-electron chi connectivity index (χ4n) is 4.59. The zero-order valence-corrected chi connectivity index (χ0v) is 18.8. The van der Waals surface area contributed by atoms with Crippen molar-refractivity contribution in [3.63, 3.8) is 0 Å². The highest BCUT2D eigenvalue weighted by atomic mass is 16.5. The molecule has 0 spiro atoms. The highest BCUT2D eigenvalue weighted by Crippen LogP contribution is 2.36. The van der Waals surface area contributed by atoms with Crippen LogP contribution >= 0.6 is 0 Å². The van der Waals surface area contributed by atoms with Gasteiger partial charge in [-0.3, -0.25) is 14.3 Å². The first-order chi connectivity index (χ1) is 15.7. The number of hydrogen-bond acceptors (Lipinski definition) is 6. The van der Waals surface area contributed by atoms with Crippen LogP contribution in [-0.4, -0.2) is 42.7 Å². The summed E-state index contributed by atoms with van der Waals surface area (Å²) >= 11 is 0. The lowest BCUT2D eigenvalue weighted by atomic mass is 9.93. The molecule has 0 amide bonds. The molecule has 5 rings (SSSR count). The van der Waals surface area contributed by atoms with Gasteiger partial charge >= 0.3 is 0 Å². The Labute approximate surface area is 187 Å². The van der Waals surface area contributed by atoms with E-state index in [1.54, 1.807) is 4.68 Å². The second-order valence-corrected chi connectivity index (χ2v) is 8.38. The number of nitrogens with one attached hydrogen (secondary N) is 1. The molecule has 1 aliphatic carbocycles. The van der Waals surface area contributed by atoms with Crippen LogP contribution in [0.4, 0.5) is 5.82 Å². The highest BCUT2D eigenvalue weighted by molar-refractivity contribution is 5.93. The molecule has 4 aromatic rings. The molecular formula is C24H29N7O. The van der Waals surface area contributed by atoms with E-state index in [1.165, 1.54) is 0 Å². The van der Waals surface area contributed by atoms with Crippen molar-refractivity contribution in [3.8, 4) is 17.0 Å². The summed E-state index contributed by atoms with van der Waals surface area (Å²) in [4.78, 5) is 8.99. The van der Waals surface area contributed by atoms with Crippen LogP contribution in [0.1, 0.15) is 44.3 Å². The molecule has 1 fully saturated rings. The highest BCUT2D eigenvalue weighted by Gasteiger charge is 2.27. The van der Waals surface area contributed by atoms with Gasteiger partial charge in [0, 0.05) is 49.7 Å². The van der Waals surface area contributed by atoms with Crippen molar-refractivity contribution in [2.75, 3.05) is 12.4 Å². The Morgan fingerprint density at radius 2 is 2.00 bits per heavy atom. The molecule has 8 heteroatoms. The van der Waals surface area contributed by atoms with Gasteiger partial charge in [0.2, 0.25) is 0 Å². The van der Waals surface area contributed by atoms with Gasteiger partial charge in [-0.15, -0.1) is 0 Å². The number of hydrogen-bond donors (Lipinski definition) is 1. The second-order valence-electron chi connectivity index (χ2n) is 8.38. The van der Waals surface area contributed by atoms with Crippen LogP contribution in [-0.2, 0) is 13.5 Å². The maximum atomic E-state index is 6.34. The smallest absolute Gasteiger partial charge is 0.141 e. The predicted octanol–water partition coefficient (Wildman–Crippen LogP) is 4.39. The van der Waals surface area contributed by atoms with Gasteiger partial charge in [0.05, 0.1) is 29.6 Å². The van der Waals surface area contributed by atoms with Crippen LogP contribution in [0.2, 0.25) is 0 Å². The first kappa shape index (κ1) is 20.5. The van der Waals surface area contributed by atoms with Crippen molar-refractivity contribution in [1.82, 2.24) is 29.5 Å². The van der Waals surface area contributed by atoms with Gasteiger partial charge < -0.3 is 10.1 Å². The maximum Gasteiger partial charge on any atom is 0.141 e. The lowest BCUT2D eigenvalue weighted by molar-refractivity contribution is 0.129. The van der Waals surface area contributed by atoms with Gasteiger partial charge in [-0.2, -0.15) is 10.2 Å². The molecule has 4 heterocycles. The van der Waals surface area contributed by atoms with Gasteiger partial charge in [-0.05, 0) is 44.2 Å². The van der Waals surface area contributed by atoms with E-state index in [0.717, 1.165) is 71.5 Å². The van der Waals surface area contributed by atoms with Crippen molar-refractivity contribution in [3.05, 3.63) is 48.7 Å². The monoisotopic (exact) mass is 431 g/mol. The minimum atomic E-state index is 0.218. The summed E-state index contributed by atoms with van der Waals surface area (Å²) in [6.45, 7) is 2.11. The molecule has 1 saturated carbocycles. The Kier molecular flexibility index (Phi) is 5.51. The molecular weight excluding hydrogens is 402 g/mol. The van der Waals surface area contributed by atoms with E-state index in [-0.39, 0.29) is 6.10 Å². The average Bonchev–Trinajstić information content (AvgIpc) is 3.43. The van der Waals surface area contributed by atoms with E-state index < -0.39 is 0 Å². The normalized spacial score (nSPS) is 18.7. The van der Waals surface area contributed by atoms with E-state index in [4.69, 9.17) is 9.84 Å². The van der Waals surface area contributed by atoms with E-state index in [9.17, 15) is 0 Å². The van der Waals surface area contributed by atoms with Crippen LogP contribution in [0, 0.1) is 0 Å². The molecule has 1 aliphatic rings. The molecule has 166 valence electrons. The lowest BCUT2D eigenvalue weighted by Crippen LogP contribution is -2.26. The zero-order chi connectivity index (χ0) is 22.1.